The second kappa shape index (κ2) is 7.70. The van der Waals surface area contributed by atoms with E-state index in [1.165, 1.54) is 30.2 Å². The normalized spacial score (nSPS) is 10.9. The molecule has 0 bridgehead atoms. The van der Waals surface area contributed by atoms with Gasteiger partial charge >= 0.3 is 5.97 Å². The number of methoxy groups -OCH3 is 1. The Kier molecular flexibility index (Phi) is 5.18. The molecule has 0 aliphatic carbocycles. The number of hydrogen-bond donors (Lipinski definition) is 0. The molecule has 120 valence electrons. The first-order valence-electron chi connectivity index (χ1n) is 7.43. The summed E-state index contributed by atoms with van der Waals surface area (Å²) in [5, 5.41) is 2.42. The summed E-state index contributed by atoms with van der Waals surface area (Å²) >= 11 is 1.62. The molecule has 0 N–H and O–H groups in total. The van der Waals surface area contributed by atoms with Gasteiger partial charge in [-0.15, -0.1) is 0 Å². The molecule has 3 rings (SSSR count). The molecule has 3 aromatic rings. The van der Waals surface area contributed by atoms with Crippen molar-refractivity contribution in [3.63, 3.8) is 0 Å². The third-order valence-electron chi connectivity index (χ3n) is 3.40. The Balaban J connectivity index is 1.81. The van der Waals surface area contributed by atoms with Crippen LogP contribution in [0, 0.1) is 0 Å². The van der Waals surface area contributed by atoms with Crippen LogP contribution in [0.15, 0.2) is 88.9 Å². The number of carbonyl (C=O) groups is 1. The van der Waals surface area contributed by atoms with Crippen LogP contribution in [-0.2, 0) is 9.53 Å². The zero-order valence-corrected chi connectivity index (χ0v) is 14.0. The predicted molar refractivity (Wildman–Crippen MR) is 96.3 cm³/mol. The van der Waals surface area contributed by atoms with E-state index in [0.717, 1.165) is 9.79 Å². The SMILES string of the molecule is COC(=O)/C=C\Oc1ccccc1Sc1ccc2ccccc2c1. The summed E-state index contributed by atoms with van der Waals surface area (Å²) in [5.74, 6) is 0.241. The number of rotatable bonds is 5. The lowest BCUT2D eigenvalue weighted by Crippen LogP contribution is -1.95. The zero-order valence-electron chi connectivity index (χ0n) is 13.1. The molecule has 3 aromatic carbocycles. The number of fused-ring (bicyclic) bond motifs is 1. The quantitative estimate of drug-likeness (QED) is 0.371. The summed E-state index contributed by atoms with van der Waals surface area (Å²) in [6.45, 7) is 0. The molecule has 24 heavy (non-hydrogen) atoms. The number of benzene rings is 3. The van der Waals surface area contributed by atoms with Gasteiger partial charge in [0.05, 0.1) is 24.3 Å². The molecule has 0 heterocycles. The lowest BCUT2D eigenvalue weighted by molar-refractivity contribution is -0.134. The number of hydrogen-bond acceptors (Lipinski definition) is 4. The maximum atomic E-state index is 11.1. The van der Waals surface area contributed by atoms with Crippen LogP contribution in [0.2, 0.25) is 0 Å². The van der Waals surface area contributed by atoms with Crippen molar-refractivity contribution in [2.75, 3.05) is 7.11 Å². The largest absolute Gasteiger partial charge is 0.466 e. The molecule has 0 atom stereocenters. The summed E-state index contributed by atoms with van der Waals surface area (Å²) in [6.07, 6.45) is 2.59. The minimum atomic E-state index is -0.449. The van der Waals surface area contributed by atoms with Crippen molar-refractivity contribution in [3.8, 4) is 5.75 Å². The molecule has 0 fully saturated rings. The summed E-state index contributed by atoms with van der Waals surface area (Å²) in [7, 11) is 1.33. The highest BCUT2D eigenvalue weighted by Gasteiger charge is 2.05. The number of para-hydroxylation sites is 1. The third-order valence-corrected chi connectivity index (χ3v) is 4.45. The van der Waals surface area contributed by atoms with Crippen LogP contribution >= 0.6 is 11.8 Å². The van der Waals surface area contributed by atoms with Gasteiger partial charge in [0.2, 0.25) is 0 Å². The highest BCUT2D eigenvalue weighted by molar-refractivity contribution is 7.99. The van der Waals surface area contributed by atoms with Gasteiger partial charge in [-0.3, -0.25) is 0 Å². The lowest BCUT2D eigenvalue weighted by atomic mass is 10.1. The Morgan fingerprint density at radius 1 is 0.958 bits per heavy atom. The van der Waals surface area contributed by atoms with E-state index in [2.05, 4.69) is 35.1 Å². The molecule has 0 amide bonds. The molecular formula is C20H16O3S. The highest BCUT2D eigenvalue weighted by Crippen LogP contribution is 2.36. The third kappa shape index (κ3) is 3.97. The smallest absolute Gasteiger partial charge is 0.333 e. The Bertz CT molecular complexity index is 887. The van der Waals surface area contributed by atoms with Crippen molar-refractivity contribution in [2.24, 2.45) is 0 Å². The first-order valence-corrected chi connectivity index (χ1v) is 8.25. The van der Waals surface area contributed by atoms with E-state index < -0.39 is 5.97 Å². The minimum absolute atomic E-state index is 0.449. The van der Waals surface area contributed by atoms with E-state index in [-0.39, 0.29) is 0 Å². The van der Waals surface area contributed by atoms with Crippen LogP contribution in [0.3, 0.4) is 0 Å². The van der Waals surface area contributed by atoms with Gasteiger partial charge in [-0.1, -0.05) is 54.2 Å². The van der Waals surface area contributed by atoms with Gasteiger partial charge in [0.15, 0.2) is 0 Å². The standard InChI is InChI=1S/C20H16O3S/c1-22-20(21)12-13-23-18-8-4-5-9-19(18)24-17-11-10-15-6-2-3-7-16(15)14-17/h2-14H,1H3/b13-12-. The van der Waals surface area contributed by atoms with E-state index >= 15 is 0 Å². The van der Waals surface area contributed by atoms with E-state index in [1.54, 1.807) is 11.8 Å². The van der Waals surface area contributed by atoms with Crippen LogP contribution in [0.1, 0.15) is 0 Å². The molecule has 0 radical (unpaired) electrons. The molecule has 0 saturated heterocycles. The van der Waals surface area contributed by atoms with Crippen molar-refractivity contribution in [3.05, 3.63) is 79.1 Å². The van der Waals surface area contributed by atoms with Gasteiger partial charge in [-0.25, -0.2) is 4.79 Å². The Morgan fingerprint density at radius 3 is 2.54 bits per heavy atom. The molecule has 0 aliphatic rings. The molecular weight excluding hydrogens is 320 g/mol. The fourth-order valence-corrected chi connectivity index (χ4v) is 3.16. The fourth-order valence-electron chi connectivity index (χ4n) is 2.22. The molecule has 3 nitrogen and oxygen atoms in total. The van der Waals surface area contributed by atoms with Crippen molar-refractivity contribution < 1.29 is 14.3 Å². The Morgan fingerprint density at radius 2 is 1.71 bits per heavy atom. The minimum Gasteiger partial charge on any atom is -0.466 e. The van der Waals surface area contributed by atoms with Crippen molar-refractivity contribution >= 4 is 28.5 Å². The van der Waals surface area contributed by atoms with Gasteiger partial charge in [-0.05, 0) is 35.0 Å². The van der Waals surface area contributed by atoms with E-state index in [9.17, 15) is 4.79 Å². The van der Waals surface area contributed by atoms with Crippen molar-refractivity contribution in [1.82, 2.24) is 0 Å². The Labute approximate surface area is 144 Å². The average molecular weight is 336 g/mol. The molecule has 0 aromatic heterocycles. The number of esters is 1. The van der Waals surface area contributed by atoms with Crippen LogP contribution in [0.25, 0.3) is 10.8 Å². The molecule has 0 unspecified atom stereocenters. The molecule has 0 saturated carbocycles. The van der Waals surface area contributed by atoms with E-state index in [4.69, 9.17) is 4.74 Å². The molecule has 0 aliphatic heterocycles. The summed E-state index contributed by atoms with van der Waals surface area (Å²) in [6, 6.07) is 22.3. The maximum absolute atomic E-state index is 11.1. The van der Waals surface area contributed by atoms with Crippen molar-refractivity contribution in [1.29, 1.82) is 0 Å². The second-order valence-electron chi connectivity index (χ2n) is 5.00. The highest BCUT2D eigenvalue weighted by atomic mass is 32.2. The van der Waals surface area contributed by atoms with Crippen LogP contribution in [0.4, 0.5) is 0 Å². The molecule has 4 heteroatoms. The van der Waals surface area contributed by atoms with Crippen LogP contribution < -0.4 is 4.74 Å². The first kappa shape index (κ1) is 16.1. The van der Waals surface area contributed by atoms with Gasteiger partial charge in [0, 0.05) is 4.90 Å². The lowest BCUT2D eigenvalue weighted by Gasteiger charge is -2.08. The summed E-state index contributed by atoms with van der Waals surface area (Å²) in [4.78, 5) is 13.2. The van der Waals surface area contributed by atoms with Crippen LogP contribution in [-0.4, -0.2) is 13.1 Å². The van der Waals surface area contributed by atoms with Gasteiger partial charge in [0.25, 0.3) is 0 Å². The van der Waals surface area contributed by atoms with E-state index in [1.807, 2.05) is 36.4 Å². The fraction of sp³-hybridized carbons (Fsp3) is 0.0500. The number of carbonyl (C=O) groups excluding carboxylic acids is 1. The van der Waals surface area contributed by atoms with Gasteiger partial charge in [0.1, 0.15) is 5.75 Å². The van der Waals surface area contributed by atoms with Crippen LogP contribution in [0.5, 0.6) is 5.75 Å². The molecule has 0 spiro atoms. The van der Waals surface area contributed by atoms with Gasteiger partial charge < -0.3 is 9.47 Å². The first-order chi connectivity index (χ1) is 11.8. The van der Waals surface area contributed by atoms with E-state index in [0.29, 0.717) is 5.75 Å². The number of ether oxygens (including phenoxy) is 2. The maximum Gasteiger partial charge on any atom is 0.333 e. The predicted octanol–water partition coefficient (Wildman–Crippen LogP) is 5.06. The monoisotopic (exact) mass is 336 g/mol. The average Bonchev–Trinajstić information content (AvgIpc) is 2.63. The van der Waals surface area contributed by atoms with Gasteiger partial charge in [-0.2, -0.15) is 0 Å². The summed E-state index contributed by atoms with van der Waals surface area (Å²) < 4.78 is 10.1. The summed E-state index contributed by atoms with van der Waals surface area (Å²) in [5.41, 5.74) is 0. The van der Waals surface area contributed by atoms with Crippen molar-refractivity contribution in [2.45, 2.75) is 9.79 Å². The zero-order chi connectivity index (χ0) is 16.8. The topological polar surface area (TPSA) is 35.5 Å². The Hall–Kier alpha value is -2.72. The second-order valence-corrected chi connectivity index (χ2v) is 6.12.